The van der Waals surface area contributed by atoms with Crippen LogP contribution in [0.4, 0.5) is 4.39 Å². The third-order valence-corrected chi connectivity index (χ3v) is 9.86. The monoisotopic (exact) mass is 696 g/mol. The van der Waals surface area contributed by atoms with Crippen LogP contribution in [-0.2, 0) is 28.7 Å². The summed E-state index contributed by atoms with van der Waals surface area (Å²) < 4.78 is 34.7. The molecule has 0 aromatic heterocycles. The fraction of sp³-hybridized carbons (Fsp3) is 0.390. The summed E-state index contributed by atoms with van der Waals surface area (Å²) in [5, 5.41) is 0. The minimum Gasteiger partial charge on any atom is -0.494 e. The summed E-state index contributed by atoms with van der Waals surface area (Å²) in [4.78, 5) is 61.4. The van der Waals surface area contributed by atoms with Gasteiger partial charge in [0.25, 0.3) is 0 Å². The maximum absolute atomic E-state index is 13.1. The molecule has 3 aromatic carbocycles. The number of fused-ring (bicyclic) bond motifs is 3. The molecule has 3 aromatic rings. The van der Waals surface area contributed by atoms with Gasteiger partial charge in [-0.15, -0.1) is 0 Å². The van der Waals surface area contributed by atoms with Crippen molar-refractivity contribution in [3.8, 4) is 11.5 Å². The van der Waals surface area contributed by atoms with Crippen molar-refractivity contribution in [3.63, 3.8) is 0 Å². The van der Waals surface area contributed by atoms with Crippen molar-refractivity contribution in [1.82, 2.24) is 0 Å². The zero-order chi connectivity index (χ0) is 35.7. The lowest BCUT2D eigenvalue weighted by Gasteiger charge is -2.33. The van der Waals surface area contributed by atoms with Gasteiger partial charge in [-0.25, -0.2) is 4.39 Å². The highest BCUT2D eigenvalue weighted by Gasteiger charge is 2.53. The summed E-state index contributed by atoms with van der Waals surface area (Å²) in [5.74, 6) is -4.04. The third-order valence-electron chi connectivity index (χ3n) is 9.86. The molecule has 3 aliphatic rings. The van der Waals surface area contributed by atoms with E-state index in [9.17, 15) is 28.4 Å². The Morgan fingerprint density at radius 3 is 1.92 bits per heavy atom. The Balaban J connectivity index is 0.841. The highest BCUT2D eigenvalue weighted by atomic mass is 19.1. The number of benzene rings is 3. The number of esters is 4. The molecule has 2 saturated heterocycles. The minimum absolute atomic E-state index is 0.0420. The molecule has 0 amide bonds. The van der Waals surface area contributed by atoms with Crippen molar-refractivity contribution in [2.45, 2.75) is 76.0 Å². The number of unbranched alkanes of at least 4 members (excludes halogenated alkanes) is 7. The predicted octanol–water partition coefficient (Wildman–Crippen LogP) is 7.66. The second kappa shape index (κ2) is 16.7. The van der Waals surface area contributed by atoms with Gasteiger partial charge in [0.2, 0.25) is 0 Å². The second-order valence-corrected chi connectivity index (χ2v) is 13.4. The summed E-state index contributed by atoms with van der Waals surface area (Å²) in [6, 6.07) is 18.5. The molecular weight excluding hydrogens is 655 g/mol. The molecule has 1 aliphatic carbocycles. The van der Waals surface area contributed by atoms with Crippen LogP contribution < -0.4 is 9.47 Å². The molecule has 2 aliphatic heterocycles. The largest absolute Gasteiger partial charge is 0.494 e. The number of rotatable bonds is 17. The van der Waals surface area contributed by atoms with E-state index in [0.717, 1.165) is 68.2 Å². The third kappa shape index (κ3) is 8.98. The number of carbonyl (C=O) groups excluding carboxylic acids is 5. The van der Waals surface area contributed by atoms with Gasteiger partial charge in [0, 0.05) is 5.56 Å². The van der Waals surface area contributed by atoms with Crippen molar-refractivity contribution in [3.05, 3.63) is 101 Å². The highest BCUT2D eigenvalue weighted by Crippen LogP contribution is 2.51. The average molecular weight is 697 g/mol. The summed E-state index contributed by atoms with van der Waals surface area (Å²) in [7, 11) is 0. The molecule has 0 N–H and O–H groups in total. The lowest BCUT2D eigenvalue weighted by molar-refractivity contribution is -0.155. The van der Waals surface area contributed by atoms with E-state index in [-0.39, 0.29) is 24.4 Å². The number of carbonyl (C=O) groups is 5. The molecule has 0 bridgehead atoms. The SMILES string of the molecule is O=C1CC(C2CC3C(=O)OC(=O)C3c3cc(OCCCCCCCCCCOc4ccc(C=CC(=O)c5ccc(F)cc5)cc4)ccc32)C(=O)O1. The van der Waals surface area contributed by atoms with E-state index >= 15 is 0 Å². The zero-order valence-corrected chi connectivity index (χ0v) is 28.4. The topological polar surface area (TPSA) is 122 Å². The molecule has 0 spiro atoms. The number of halogens is 1. The zero-order valence-electron chi connectivity index (χ0n) is 28.4. The quantitative estimate of drug-likeness (QED) is 0.0460. The Kier molecular flexibility index (Phi) is 11.7. The molecule has 0 saturated carbocycles. The van der Waals surface area contributed by atoms with Gasteiger partial charge < -0.3 is 18.9 Å². The van der Waals surface area contributed by atoms with Gasteiger partial charge in [0.05, 0.1) is 37.4 Å². The van der Waals surface area contributed by atoms with Crippen molar-refractivity contribution in [1.29, 1.82) is 0 Å². The molecule has 2 heterocycles. The molecule has 9 nitrogen and oxygen atoms in total. The summed E-state index contributed by atoms with van der Waals surface area (Å²) >= 11 is 0. The maximum atomic E-state index is 13.1. The first-order valence-electron chi connectivity index (χ1n) is 17.7. The van der Waals surface area contributed by atoms with Gasteiger partial charge in [-0.2, -0.15) is 0 Å². The van der Waals surface area contributed by atoms with Crippen molar-refractivity contribution >= 4 is 35.7 Å². The molecule has 4 atom stereocenters. The van der Waals surface area contributed by atoms with E-state index in [0.29, 0.717) is 30.1 Å². The Hall–Kier alpha value is -5.12. The number of ketones is 1. The van der Waals surface area contributed by atoms with Crippen LogP contribution in [0.2, 0.25) is 0 Å². The molecule has 4 unspecified atom stereocenters. The van der Waals surface area contributed by atoms with E-state index in [4.69, 9.17) is 18.9 Å². The van der Waals surface area contributed by atoms with E-state index in [1.165, 1.54) is 30.3 Å². The standard InChI is InChI=1S/C41H41FO9/c42-28-14-12-27(13-15-28)36(43)20-11-26-9-16-29(17-10-26)48-21-7-5-3-1-2-4-6-8-22-49-30-18-19-31-32(34-25-37(44)50-39(34)45)24-35-38(33(31)23-30)41(47)51-40(35)46/h9-20,23,32,34-35,38H,1-8,21-22,24-25H2. The fourth-order valence-electron chi connectivity index (χ4n) is 7.15. The summed E-state index contributed by atoms with van der Waals surface area (Å²) in [6.07, 6.45) is 11.9. The van der Waals surface area contributed by atoms with Crippen LogP contribution in [0.1, 0.15) is 103 Å². The molecule has 10 heteroatoms. The van der Waals surface area contributed by atoms with Crippen molar-refractivity contribution in [2.24, 2.45) is 11.8 Å². The first-order valence-corrected chi connectivity index (χ1v) is 17.7. The lowest BCUT2D eigenvalue weighted by Crippen LogP contribution is -2.31. The summed E-state index contributed by atoms with van der Waals surface area (Å²) in [5.41, 5.74) is 2.70. The number of allylic oxidation sites excluding steroid dienone is 1. The van der Waals surface area contributed by atoms with Crippen molar-refractivity contribution in [2.75, 3.05) is 13.2 Å². The smallest absolute Gasteiger partial charge is 0.321 e. The van der Waals surface area contributed by atoms with Gasteiger partial charge in [-0.3, -0.25) is 24.0 Å². The van der Waals surface area contributed by atoms with Crippen LogP contribution in [0.5, 0.6) is 11.5 Å². The van der Waals surface area contributed by atoms with Crippen LogP contribution in [0, 0.1) is 17.7 Å². The number of cyclic esters (lactones) is 4. The van der Waals surface area contributed by atoms with Crippen molar-refractivity contribution < 1.29 is 47.3 Å². The number of ether oxygens (including phenoxy) is 4. The lowest BCUT2D eigenvalue weighted by atomic mass is 9.67. The summed E-state index contributed by atoms with van der Waals surface area (Å²) in [6.45, 7) is 1.16. The van der Waals surface area contributed by atoms with E-state index in [1.807, 2.05) is 36.4 Å². The maximum Gasteiger partial charge on any atom is 0.321 e. The van der Waals surface area contributed by atoms with Gasteiger partial charge >= 0.3 is 23.9 Å². The normalized spacial score (nSPS) is 21.0. The predicted molar refractivity (Wildman–Crippen MR) is 184 cm³/mol. The molecule has 266 valence electrons. The van der Waals surface area contributed by atoms with Gasteiger partial charge in [0.15, 0.2) is 5.78 Å². The Morgan fingerprint density at radius 2 is 1.27 bits per heavy atom. The number of hydrogen-bond donors (Lipinski definition) is 0. The first kappa shape index (κ1) is 35.7. The highest BCUT2D eigenvalue weighted by molar-refractivity contribution is 6.06. The van der Waals surface area contributed by atoms with Crippen LogP contribution >= 0.6 is 0 Å². The first-order chi connectivity index (χ1) is 24.8. The van der Waals surface area contributed by atoms with Gasteiger partial charge in [-0.1, -0.05) is 62.8 Å². The van der Waals surface area contributed by atoms with E-state index < -0.39 is 47.5 Å². The Morgan fingerprint density at radius 1 is 0.667 bits per heavy atom. The van der Waals surface area contributed by atoms with Crippen LogP contribution in [0.15, 0.2) is 72.8 Å². The molecule has 6 rings (SSSR count). The van der Waals surface area contributed by atoms with Gasteiger partial charge in [-0.05, 0) is 96.5 Å². The van der Waals surface area contributed by atoms with Crippen LogP contribution in [-0.4, -0.2) is 42.9 Å². The molecule has 2 fully saturated rings. The molecule has 0 radical (unpaired) electrons. The number of hydrogen-bond acceptors (Lipinski definition) is 9. The van der Waals surface area contributed by atoms with Gasteiger partial charge in [0.1, 0.15) is 17.3 Å². The minimum atomic E-state index is -0.734. The Labute approximate surface area is 296 Å². The van der Waals surface area contributed by atoms with E-state index in [2.05, 4.69) is 0 Å². The molecule has 51 heavy (non-hydrogen) atoms. The van der Waals surface area contributed by atoms with E-state index in [1.54, 1.807) is 12.1 Å². The average Bonchev–Trinajstić information content (AvgIpc) is 3.62. The Bertz CT molecular complexity index is 1780. The fourth-order valence-corrected chi connectivity index (χ4v) is 7.15. The molecular formula is C41H41FO9. The van der Waals surface area contributed by atoms with Crippen LogP contribution in [0.25, 0.3) is 6.08 Å². The second-order valence-electron chi connectivity index (χ2n) is 13.4. The van der Waals surface area contributed by atoms with Crippen LogP contribution in [0.3, 0.4) is 0 Å².